The van der Waals surface area contributed by atoms with Gasteiger partial charge in [-0.3, -0.25) is 0 Å². The molecule has 0 spiro atoms. The van der Waals surface area contributed by atoms with Gasteiger partial charge in [0.25, 0.3) is 0 Å². The molecule has 0 amide bonds. The van der Waals surface area contributed by atoms with Crippen molar-refractivity contribution in [2.75, 3.05) is 13.2 Å². The van der Waals surface area contributed by atoms with Crippen LogP contribution < -0.4 is 0 Å². The molecule has 0 aliphatic carbocycles. The van der Waals surface area contributed by atoms with Crippen LogP contribution in [0.4, 0.5) is 0 Å². The van der Waals surface area contributed by atoms with Crippen molar-refractivity contribution in [3.05, 3.63) is 12.2 Å². The van der Waals surface area contributed by atoms with Gasteiger partial charge in [-0.1, -0.05) is 19.9 Å². The van der Waals surface area contributed by atoms with Crippen molar-refractivity contribution >= 4 is 14.8 Å². The third-order valence-electron chi connectivity index (χ3n) is 1.93. The highest BCUT2D eigenvalue weighted by atomic mass is 28.4. The summed E-state index contributed by atoms with van der Waals surface area (Å²) < 4.78 is 16.1. The van der Waals surface area contributed by atoms with Gasteiger partial charge >= 0.3 is 14.8 Å². The van der Waals surface area contributed by atoms with E-state index in [1.54, 1.807) is 6.55 Å². The second-order valence-corrected chi connectivity index (χ2v) is 5.98. The topological polar surface area (TPSA) is 44.8 Å². The van der Waals surface area contributed by atoms with Crippen molar-refractivity contribution in [2.24, 2.45) is 0 Å². The van der Waals surface area contributed by atoms with Crippen molar-refractivity contribution in [1.29, 1.82) is 0 Å². The highest BCUT2D eigenvalue weighted by Crippen LogP contribution is 2.13. The predicted molar refractivity (Wildman–Crippen MR) is 65.0 cm³/mol. The van der Waals surface area contributed by atoms with Crippen LogP contribution in [0.3, 0.4) is 0 Å². The van der Waals surface area contributed by atoms with Crippen LogP contribution in [0.1, 0.15) is 33.6 Å². The molecule has 4 nitrogen and oxygen atoms in total. The maximum Gasteiger partial charge on any atom is 0.564 e. The van der Waals surface area contributed by atoms with Gasteiger partial charge in [-0.25, -0.2) is 4.79 Å². The van der Waals surface area contributed by atoms with E-state index in [1.807, 2.05) is 20.8 Å². The minimum absolute atomic E-state index is 0.405. The fraction of sp³-hybridized carbons (Fsp3) is 0.727. The second-order valence-electron chi connectivity index (χ2n) is 3.47. The third-order valence-corrected chi connectivity index (χ3v) is 4.11. The molecule has 94 valence electrons. The van der Waals surface area contributed by atoms with Gasteiger partial charge < -0.3 is 13.3 Å². The Morgan fingerprint density at radius 1 is 1.19 bits per heavy atom. The lowest BCUT2D eigenvalue weighted by atomic mass is 10.2. The molecule has 0 N–H and O–H groups in total. The Morgan fingerprint density at radius 2 is 1.69 bits per heavy atom. The van der Waals surface area contributed by atoms with Gasteiger partial charge in [0.1, 0.15) is 0 Å². The molecule has 0 rings (SSSR count). The van der Waals surface area contributed by atoms with E-state index < -0.39 is 14.8 Å². The highest BCUT2D eigenvalue weighted by Gasteiger charge is 2.38. The Labute approximate surface area is 99.0 Å². The van der Waals surface area contributed by atoms with E-state index in [2.05, 4.69) is 6.58 Å². The third kappa shape index (κ3) is 5.44. The number of hydrogen-bond donors (Lipinski definition) is 0. The normalized spacial score (nSPS) is 11.2. The summed E-state index contributed by atoms with van der Waals surface area (Å²) in [6.45, 7) is 12.0. The van der Waals surface area contributed by atoms with Crippen molar-refractivity contribution in [1.82, 2.24) is 0 Å². The van der Waals surface area contributed by atoms with Crippen molar-refractivity contribution < 1.29 is 18.1 Å². The summed E-state index contributed by atoms with van der Waals surface area (Å²) >= 11 is 0. The zero-order chi connectivity index (χ0) is 12.6. The molecule has 16 heavy (non-hydrogen) atoms. The summed E-state index contributed by atoms with van der Waals surface area (Å²) in [6.07, 6.45) is 1.51. The van der Waals surface area contributed by atoms with E-state index in [-0.39, 0.29) is 0 Å². The fourth-order valence-electron chi connectivity index (χ4n) is 1.27. The van der Waals surface area contributed by atoms with Crippen LogP contribution in [0.15, 0.2) is 12.2 Å². The molecule has 0 heterocycles. The number of hydrogen-bond acceptors (Lipinski definition) is 4. The second kappa shape index (κ2) is 7.59. The first-order valence-corrected chi connectivity index (χ1v) is 7.90. The van der Waals surface area contributed by atoms with E-state index in [0.717, 1.165) is 6.42 Å². The molecule has 0 saturated heterocycles. The van der Waals surface area contributed by atoms with Gasteiger partial charge in [-0.15, -0.1) is 0 Å². The molecule has 0 unspecified atom stereocenters. The highest BCUT2D eigenvalue weighted by molar-refractivity contribution is 6.61. The molecule has 0 radical (unpaired) electrons. The average Bonchev–Trinajstić information content (AvgIpc) is 2.18. The molecule has 5 heteroatoms. The number of carbonyl (C=O) groups is 1. The largest absolute Gasteiger partial charge is 0.564 e. The van der Waals surface area contributed by atoms with Crippen LogP contribution in [0.25, 0.3) is 0 Å². The Morgan fingerprint density at radius 3 is 2.06 bits per heavy atom. The van der Waals surface area contributed by atoms with Gasteiger partial charge in [-0.05, 0) is 20.3 Å². The lowest BCUT2D eigenvalue weighted by molar-refractivity contribution is -0.134. The Hall–Kier alpha value is -0.653. The first kappa shape index (κ1) is 15.3. The molecule has 0 saturated carbocycles. The Balaban J connectivity index is 4.38. The Bertz CT molecular complexity index is 234. The zero-order valence-electron chi connectivity index (χ0n) is 10.7. The van der Waals surface area contributed by atoms with E-state index in [9.17, 15) is 4.79 Å². The minimum atomic E-state index is -2.81. The number of rotatable bonds is 8. The smallest absolute Gasteiger partial charge is 0.470 e. The van der Waals surface area contributed by atoms with Crippen LogP contribution in [-0.4, -0.2) is 28.0 Å². The lowest BCUT2D eigenvalue weighted by Gasteiger charge is -2.24. The maximum absolute atomic E-state index is 11.7. The van der Waals surface area contributed by atoms with Crippen molar-refractivity contribution in [3.8, 4) is 0 Å². The molecular weight excluding hydrogens is 224 g/mol. The molecule has 0 aliphatic rings. The van der Waals surface area contributed by atoms with E-state index in [1.165, 1.54) is 0 Å². The lowest BCUT2D eigenvalue weighted by Crippen LogP contribution is -2.44. The van der Waals surface area contributed by atoms with Crippen molar-refractivity contribution in [2.45, 2.75) is 40.2 Å². The van der Waals surface area contributed by atoms with Crippen LogP contribution in [-0.2, 0) is 18.1 Å². The minimum Gasteiger partial charge on any atom is -0.470 e. The van der Waals surface area contributed by atoms with E-state index in [4.69, 9.17) is 13.3 Å². The predicted octanol–water partition coefficient (Wildman–Crippen LogP) is 2.53. The van der Waals surface area contributed by atoms with Crippen molar-refractivity contribution in [3.63, 3.8) is 0 Å². The van der Waals surface area contributed by atoms with Gasteiger partial charge in [-0.2, -0.15) is 0 Å². The quantitative estimate of drug-likeness (QED) is 0.487. The van der Waals surface area contributed by atoms with E-state index >= 15 is 0 Å². The molecule has 0 aromatic carbocycles. The fourth-order valence-corrected chi connectivity index (χ4v) is 3.00. The van der Waals surface area contributed by atoms with Crippen LogP contribution in [0, 0.1) is 0 Å². The molecule has 0 aromatic heterocycles. The average molecular weight is 246 g/mol. The first-order valence-electron chi connectivity index (χ1n) is 5.68. The maximum atomic E-state index is 11.7. The van der Waals surface area contributed by atoms with Gasteiger partial charge in [0, 0.05) is 25.3 Å². The van der Waals surface area contributed by atoms with Gasteiger partial charge in [0.2, 0.25) is 0 Å². The first-order chi connectivity index (χ1) is 7.49. The summed E-state index contributed by atoms with van der Waals surface area (Å²) in [4.78, 5) is 11.7. The monoisotopic (exact) mass is 246 g/mol. The van der Waals surface area contributed by atoms with Crippen LogP contribution >= 0.6 is 0 Å². The van der Waals surface area contributed by atoms with E-state index in [0.29, 0.717) is 25.2 Å². The zero-order valence-corrected chi connectivity index (χ0v) is 11.7. The summed E-state index contributed by atoms with van der Waals surface area (Å²) in [5, 5.41) is 0. The molecule has 0 atom stereocenters. The molecule has 0 fully saturated rings. The molecular formula is C11H22O4Si. The summed E-state index contributed by atoms with van der Waals surface area (Å²) in [5.41, 5.74) is 0.473. The summed E-state index contributed by atoms with van der Waals surface area (Å²) in [6, 6.07) is 0. The SMILES string of the molecule is C=C(CCC)C(=O)O[Si](C)(OCC)OCC. The molecule has 0 aromatic rings. The van der Waals surface area contributed by atoms with Crippen LogP contribution in [0.2, 0.25) is 6.55 Å². The molecule has 0 aliphatic heterocycles. The number of carbonyl (C=O) groups excluding carboxylic acids is 1. The standard InChI is InChI=1S/C11H22O4Si/c1-6-9-10(4)11(12)15-16(5,13-7-2)14-8-3/h4,6-9H2,1-3,5H3. The van der Waals surface area contributed by atoms with Crippen LogP contribution in [0.5, 0.6) is 0 Å². The summed E-state index contributed by atoms with van der Waals surface area (Å²) in [5.74, 6) is -0.405. The molecule has 0 bridgehead atoms. The van der Waals surface area contributed by atoms with Gasteiger partial charge in [0.05, 0.1) is 0 Å². The summed E-state index contributed by atoms with van der Waals surface area (Å²) in [7, 11) is -2.81. The Kier molecular flexibility index (Phi) is 7.28. The van der Waals surface area contributed by atoms with Gasteiger partial charge in [0.15, 0.2) is 0 Å².